The third-order valence-electron chi connectivity index (χ3n) is 4.10. The highest BCUT2D eigenvalue weighted by Crippen LogP contribution is 2.45. The summed E-state index contributed by atoms with van der Waals surface area (Å²) in [5.74, 6) is 1.77. The van der Waals surface area contributed by atoms with E-state index in [0.29, 0.717) is 0 Å². The van der Waals surface area contributed by atoms with Crippen LogP contribution in [0.1, 0.15) is 0 Å². The molecule has 0 fully saturated rings. The number of para-hydroxylation sites is 3. The summed E-state index contributed by atoms with van der Waals surface area (Å²) < 4.78 is 8.32. The van der Waals surface area contributed by atoms with Crippen LogP contribution in [0.4, 0.5) is 5.69 Å². The van der Waals surface area contributed by atoms with Gasteiger partial charge in [0.2, 0.25) is 0 Å². The van der Waals surface area contributed by atoms with Gasteiger partial charge >= 0.3 is 0 Å². The van der Waals surface area contributed by atoms with Crippen LogP contribution < -0.4 is 10.5 Å². The van der Waals surface area contributed by atoms with Crippen LogP contribution in [-0.4, -0.2) is 4.57 Å². The lowest BCUT2D eigenvalue weighted by molar-refractivity contribution is 0.476. The van der Waals surface area contributed by atoms with Crippen molar-refractivity contribution in [1.29, 1.82) is 0 Å². The summed E-state index contributed by atoms with van der Waals surface area (Å²) >= 11 is 0. The molecule has 0 aliphatic carbocycles. The highest BCUT2D eigenvalue weighted by Gasteiger charge is 2.22. The molecule has 0 atom stereocenters. The van der Waals surface area contributed by atoms with E-state index in [-0.39, 0.29) is 0 Å². The summed E-state index contributed by atoms with van der Waals surface area (Å²) in [4.78, 5) is 0. The molecular weight excluding hydrogens is 260 g/mol. The number of hydrogen-bond acceptors (Lipinski definition) is 2. The lowest BCUT2D eigenvalue weighted by Crippen LogP contribution is -2.03. The van der Waals surface area contributed by atoms with Crippen LogP contribution in [0.15, 0.2) is 60.7 Å². The summed E-state index contributed by atoms with van der Waals surface area (Å²) in [7, 11) is 0. The molecule has 2 N–H and O–H groups in total. The van der Waals surface area contributed by atoms with Crippen LogP contribution >= 0.6 is 0 Å². The van der Waals surface area contributed by atoms with E-state index in [1.807, 2.05) is 42.5 Å². The van der Waals surface area contributed by atoms with Crippen LogP contribution in [0.2, 0.25) is 0 Å². The van der Waals surface area contributed by atoms with Crippen molar-refractivity contribution in [2.75, 3.05) is 5.73 Å². The minimum absolute atomic E-state index is 0.778. The van der Waals surface area contributed by atoms with Gasteiger partial charge in [-0.1, -0.05) is 24.3 Å². The molecule has 5 rings (SSSR count). The number of rotatable bonds is 0. The average molecular weight is 272 g/mol. The number of ether oxygens (including phenoxy) is 1. The molecule has 0 amide bonds. The van der Waals surface area contributed by atoms with Gasteiger partial charge in [-0.05, 0) is 36.4 Å². The highest BCUT2D eigenvalue weighted by atomic mass is 16.5. The van der Waals surface area contributed by atoms with Gasteiger partial charge in [-0.2, -0.15) is 0 Å². The van der Waals surface area contributed by atoms with Crippen LogP contribution in [0, 0.1) is 0 Å². The Morgan fingerprint density at radius 3 is 2.62 bits per heavy atom. The molecule has 4 aromatic rings. The van der Waals surface area contributed by atoms with Crippen molar-refractivity contribution >= 4 is 27.5 Å². The van der Waals surface area contributed by atoms with Crippen molar-refractivity contribution in [3.63, 3.8) is 0 Å². The number of nitrogens with two attached hydrogens (primary N) is 1. The Morgan fingerprint density at radius 1 is 0.810 bits per heavy atom. The molecule has 3 heteroatoms. The molecule has 0 bridgehead atoms. The molecule has 2 heterocycles. The van der Waals surface area contributed by atoms with Crippen molar-refractivity contribution in [3.05, 3.63) is 60.7 Å². The zero-order valence-corrected chi connectivity index (χ0v) is 11.2. The first-order chi connectivity index (χ1) is 10.3. The van der Waals surface area contributed by atoms with Gasteiger partial charge in [0.1, 0.15) is 0 Å². The standard InChI is InChI=1S/C18H12N2O/c19-11-8-9-14-13(10-11)12-4-3-7-17-18(12)20(14)15-5-1-2-6-16(15)21-17/h1-10H,19H2. The van der Waals surface area contributed by atoms with Crippen LogP contribution in [-0.2, 0) is 0 Å². The molecule has 100 valence electrons. The van der Waals surface area contributed by atoms with Crippen molar-refractivity contribution in [2.24, 2.45) is 0 Å². The van der Waals surface area contributed by atoms with Crippen molar-refractivity contribution < 1.29 is 4.74 Å². The lowest BCUT2D eigenvalue weighted by atomic mass is 10.1. The van der Waals surface area contributed by atoms with Crippen molar-refractivity contribution in [2.45, 2.75) is 0 Å². The first-order valence-electron chi connectivity index (χ1n) is 6.93. The SMILES string of the molecule is Nc1ccc2c(c1)c1cccc3c1n2-c1ccccc1O3. The smallest absolute Gasteiger partial charge is 0.152 e. The van der Waals surface area contributed by atoms with Crippen LogP contribution in [0.3, 0.4) is 0 Å². The first kappa shape index (κ1) is 10.8. The third-order valence-corrected chi connectivity index (χ3v) is 4.10. The monoisotopic (exact) mass is 272 g/mol. The minimum Gasteiger partial charge on any atom is -0.453 e. The van der Waals surface area contributed by atoms with Gasteiger partial charge in [0.25, 0.3) is 0 Å². The van der Waals surface area contributed by atoms with Crippen molar-refractivity contribution in [3.8, 4) is 17.2 Å². The quantitative estimate of drug-likeness (QED) is 0.422. The van der Waals surface area contributed by atoms with Gasteiger partial charge in [0.05, 0.1) is 16.7 Å². The maximum absolute atomic E-state index is 6.06. The predicted molar refractivity (Wildman–Crippen MR) is 85.3 cm³/mol. The van der Waals surface area contributed by atoms with E-state index in [4.69, 9.17) is 10.5 Å². The molecule has 0 saturated heterocycles. The molecule has 3 nitrogen and oxygen atoms in total. The van der Waals surface area contributed by atoms with Crippen LogP contribution in [0.5, 0.6) is 11.5 Å². The van der Waals surface area contributed by atoms with Gasteiger partial charge in [-0.25, -0.2) is 0 Å². The molecule has 0 unspecified atom stereocenters. The van der Waals surface area contributed by atoms with E-state index in [1.165, 1.54) is 5.39 Å². The zero-order chi connectivity index (χ0) is 14.0. The first-order valence-corrected chi connectivity index (χ1v) is 6.93. The van der Waals surface area contributed by atoms with Gasteiger partial charge in [-0.15, -0.1) is 0 Å². The summed E-state index contributed by atoms with van der Waals surface area (Å²) in [6.45, 7) is 0. The molecule has 0 radical (unpaired) electrons. The Balaban J connectivity index is 2.10. The summed E-state index contributed by atoms with van der Waals surface area (Å²) in [5, 5.41) is 2.33. The van der Waals surface area contributed by atoms with E-state index in [9.17, 15) is 0 Å². The maximum atomic E-state index is 6.06. The van der Waals surface area contributed by atoms with E-state index < -0.39 is 0 Å². The Kier molecular flexibility index (Phi) is 1.84. The van der Waals surface area contributed by atoms with E-state index >= 15 is 0 Å². The summed E-state index contributed by atoms with van der Waals surface area (Å²) in [6, 6.07) is 20.3. The number of fused-ring (bicyclic) bond motifs is 5. The lowest BCUT2D eigenvalue weighted by Gasteiger charge is -2.20. The summed E-state index contributed by atoms with van der Waals surface area (Å²) in [6.07, 6.45) is 0. The number of hydrogen-bond donors (Lipinski definition) is 1. The summed E-state index contributed by atoms with van der Waals surface area (Å²) in [5.41, 5.74) is 10.1. The molecule has 1 aliphatic rings. The Bertz CT molecular complexity index is 1030. The average Bonchev–Trinajstić information content (AvgIpc) is 2.84. The third kappa shape index (κ3) is 1.28. The van der Waals surface area contributed by atoms with E-state index in [1.54, 1.807) is 0 Å². The van der Waals surface area contributed by atoms with Crippen molar-refractivity contribution in [1.82, 2.24) is 4.57 Å². The van der Waals surface area contributed by atoms with Gasteiger partial charge < -0.3 is 15.0 Å². The number of nitrogen functional groups attached to an aromatic ring is 1. The number of aromatic nitrogens is 1. The second-order valence-corrected chi connectivity index (χ2v) is 5.33. The second kappa shape index (κ2) is 3.58. The number of nitrogens with zero attached hydrogens (tertiary/aromatic N) is 1. The fourth-order valence-electron chi connectivity index (χ4n) is 3.23. The van der Waals surface area contributed by atoms with E-state index in [2.05, 4.69) is 22.8 Å². The fourth-order valence-corrected chi connectivity index (χ4v) is 3.23. The highest BCUT2D eigenvalue weighted by molar-refractivity contribution is 6.12. The van der Waals surface area contributed by atoms with E-state index in [0.717, 1.165) is 39.3 Å². The zero-order valence-electron chi connectivity index (χ0n) is 11.2. The Hall–Kier alpha value is -2.94. The molecule has 1 aliphatic heterocycles. The normalized spacial score (nSPS) is 12.4. The van der Waals surface area contributed by atoms with Crippen LogP contribution in [0.25, 0.3) is 27.5 Å². The number of anilines is 1. The second-order valence-electron chi connectivity index (χ2n) is 5.33. The fraction of sp³-hybridized carbons (Fsp3) is 0. The molecule has 21 heavy (non-hydrogen) atoms. The molecule has 1 aromatic heterocycles. The topological polar surface area (TPSA) is 40.2 Å². The Morgan fingerprint density at radius 2 is 1.67 bits per heavy atom. The minimum atomic E-state index is 0.778. The predicted octanol–water partition coefficient (Wildman–Crippen LogP) is 4.47. The van der Waals surface area contributed by atoms with Gasteiger partial charge in [0, 0.05) is 16.5 Å². The number of benzene rings is 3. The molecule has 3 aromatic carbocycles. The Labute approximate surface area is 121 Å². The molecule has 0 saturated carbocycles. The molecule has 0 spiro atoms. The largest absolute Gasteiger partial charge is 0.453 e. The van der Waals surface area contributed by atoms with Gasteiger partial charge in [0.15, 0.2) is 11.5 Å². The molecular formula is C18H12N2O. The van der Waals surface area contributed by atoms with Gasteiger partial charge in [-0.3, -0.25) is 0 Å². The maximum Gasteiger partial charge on any atom is 0.152 e.